The molecule has 118 valence electrons. The molecule has 1 atom stereocenters. The second kappa shape index (κ2) is 7.05. The quantitative estimate of drug-likeness (QED) is 0.820. The van der Waals surface area contributed by atoms with E-state index >= 15 is 0 Å². The first-order chi connectivity index (χ1) is 9.63. The molecule has 0 saturated carbocycles. The molecule has 1 rings (SSSR count). The molecule has 0 saturated heterocycles. The van der Waals surface area contributed by atoms with Crippen molar-refractivity contribution in [1.29, 1.82) is 0 Å². The summed E-state index contributed by atoms with van der Waals surface area (Å²) in [6, 6.07) is 9.69. The van der Waals surface area contributed by atoms with Crippen LogP contribution in [0.4, 0.5) is 0 Å². The lowest BCUT2D eigenvalue weighted by Gasteiger charge is -2.31. The lowest BCUT2D eigenvalue weighted by Crippen LogP contribution is -2.43. The molecule has 0 aromatic heterocycles. The Kier molecular flexibility index (Phi) is 5.93. The van der Waals surface area contributed by atoms with Gasteiger partial charge in [0.1, 0.15) is 5.60 Å². The molecule has 0 bridgehead atoms. The van der Waals surface area contributed by atoms with Gasteiger partial charge in [-0.1, -0.05) is 30.3 Å². The molecule has 0 aliphatic rings. The Hall–Kier alpha value is -1.39. The monoisotopic (exact) mass is 294 g/mol. The topological polar surface area (TPSA) is 55.8 Å². The molecule has 1 aromatic carbocycles. The highest BCUT2D eigenvalue weighted by atomic mass is 16.6. The maximum atomic E-state index is 12.1. The van der Waals surface area contributed by atoms with Gasteiger partial charge < -0.3 is 14.6 Å². The van der Waals surface area contributed by atoms with Gasteiger partial charge in [-0.15, -0.1) is 0 Å². The standard InChI is InChI=1S/C17H26O4/c1-16(2,3)21-15(19)17(4,5)14(18)12-20-11-13-9-7-6-8-10-13/h6-10,14,18H,11-12H2,1-5H3. The third kappa shape index (κ3) is 5.86. The van der Waals surface area contributed by atoms with Crippen LogP contribution >= 0.6 is 0 Å². The molecule has 4 nitrogen and oxygen atoms in total. The third-order valence-corrected chi connectivity index (χ3v) is 3.15. The van der Waals surface area contributed by atoms with Crippen molar-refractivity contribution in [1.82, 2.24) is 0 Å². The minimum absolute atomic E-state index is 0.0845. The molecule has 0 amide bonds. The van der Waals surface area contributed by atoms with Crippen LogP contribution in [-0.2, 0) is 20.9 Å². The predicted octanol–water partition coefficient (Wildman–Crippen LogP) is 2.93. The average molecular weight is 294 g/mol. The molecule has 0 fully saturated rings. The van der Waals surface area contributed by atoms with Crippen LogP contribution in [0.3, 0.4) is 0 Å². The van der Waals surface area contributed by atoms with Crippen LogP contribution in [0.2, 0.25) is 0 Å². The number of ether oxygens (including phenoxy) is 2. The van der Waals surface area contributed by atoms with Crippen LogP contribution in [-0.4, -0.2) is 29.4 Å². The van der Waals surface area contributed by atoms with E-state index < -0.39 is 23.1 Å². The van der Waals surface area contributed by atoms with E-state index in [-0.39, 0.29) is 6.61 Å². The molecule has 0 aliphatic heterocycles. The number of carbonyl (C=O) groups is 1. The van der Waals surface area contributed by atoms with Gasteiger partial charge in [-0.25, -0.2) is 0 Å². The molecule has 1 unspecified atom stereocenters. The van der Waals surface area contributed by atoms with Gasteiger partial charge >= 0.3 is 5.97 Å². The predicted molar refractivity (Wildman–Crippen MR) is 81.7 cm³/mol. The Morgan fingerprint density at radius 2 is 1.71 bits per heavy atom. The summed E-state index contributed by atoms with van der Waals surface area (Å²) in [5.41, 5.74) is -0.553. The highest BCUT2D eigenvalue weighted by Gasteiger charge is 2.39. The number of hydrogen-bond acceptors (Lipinski definition) is 4. The SMILES string of the molecule is CC(C)(C)OC(=O)C(C)(C)C(O)COCc1ccccc1. The summed E-state index contributed by atoms with van der Waals surface area (Å²) in [7, 11) is 0. The fraction of sp³-hybridized carbons (Fsp3) is 0.588. The van der Waals surface area contributed by atoms with Gasteiger partial charge in [0.05, 0.1) is 24.7 Å². The van der Waals surface area contributed by atoms with Crippen LogP contribution < -0.4 is 0 Å². The first-order valence-corrected chi connectivity index (χ1v) is 7.16. The van der Waals surface area contributed by atoms with Crippen molar-refractivity contribution >= 4 is 5.97 Å². The summed E-state index contributed by atoms with van der Waals surface area (Å²) in [5, 5.41) is 10.2. The summed E-state index contributed by atoms with van der Waals surface area (Å²) in [6.07, 6.45) is -0.920. The van der Waals surface area contributed by atoms with Crippen LogP contribution in [0.5, 0.6) is 0 Å². The molecule has 0 radical (unpaired) electrons. The van der Waals surface area contributed by atoms with Gasteiger partial charge in [0.25, 0.3) is 0 Å². The van der Waals surface area contributed by atoms with Crippen molar-refractivity contribution in [3.63, 3.8) is 0 Å². The lowest BCUT2D eigenvalue weighted by molar-refractivity contribution is -0.174. The van der Waals surface area contributed by atoms with Gasteiger partial charge in [0, 0.05) is 0 Å². The van der Waals surface area contributed by atoms with Crippen molar-refractivity contribution in [2.24, 2.45) is 5.41 Å². The summed E-state index contributed by atoms with van der Waals surface area (Å²) < 4.78 is 10.8. The largest absolute Gasteiger partial charge is 0.459 e. The van der Waals surface area contributed by atoms with Crippen LogP contribution in [0.15, 0.2) is 30.3 Å². The van der Waals surface area contributed by atoms with E-state index in [1.54, 1.807) is 34.6 Å². The zero-order chi connectivity index (χ0) is 16.1. The van der Waals surface area contributed by atoms with Gasteiger partial charge in [0.15, 0.2) is 0 Å². The highest BCUT2D eigenvalue weighted by molar-refractivity contribution is 5.77. The average Bonchev–Trinajstić information content (AvgIpc) is 2.37. The fourth-order valence-corrected chi connectivity index (χ4v) is 1.62. The maximum Gasteiger partial charge on any atom is 0.314 e. The van der Waals surface area contributed by atoms with Gasteiger partial charge in [-0.05, 0) is 40.2 Å². The summed E-state index contributed by atoms with van der Waals surface area (Å²) >= 11 is 0. The first kappa shape index (κ1) is 17.7. The van der Waals surface area contributed by atoms with Gasteiger partial charge in [0.2, 0.25) is 0 Å². The number of aliphatic hydroxyl groups excluding tert-OH is 1. The fourth-order valence-electron chi connectivity index (χ4n) is 1.62. The van der Waals surface area contributed by atoms with Crippen molar-refractivity contribution in [2.75, 3.05) is 6.61 Å². The smallest absolute Gasteiger partial charge is 0.314 e. The number of esters is 1. The molecule has 0 heterocycles. The Morgan fingerprint density at radius 3 is 2.24 bits per heavy atom. The molecular formula is C17H26O4. The lowest BCUT2D eigenvalue weighted by atomic mass is 9.86. The molecule has 4 heteroatoms. The maximum absolute atomic E-state index is 12.1. The van der Waals surface area contributed by atoms with Crippen molar-refractivity contribution < 1.29 is 19.4 Å². The van der Waals surface area contributed by atoms with Crippen molar-refractivity contribution in [3.8, 4) is 0 Å². The van der Waals surface area contributed by atoms with Crippen LogP contribution in [0.25, 0.3) is 0 Å². The van der Waals surface area contributed by atoms with Crippen molar-refractivity contribution in [2.45, 2.75) is 52.9 Å². The Labute approximate surface area is 127 Å². The summed E-state index contributed by atoms with van der Waals surface area (Å²) in [6.45, 7) is 9.23. The van der Waals surface area contributed by atoms with Gasteiger partial charge in [-0.2, -0.15) is 0 Å². The van der Waals surface area contributed by atoms with E-state index in [0.717, 1.165) is 5.56 Å². The normalized spacial score (nSPS) is 13.8. The number of aliphatic hydroxyl groups is 1. The molecule has 1 N–H and O–H groups in total. The van der Waals surface area contributed by atoms with Crippen LogP contribution in [0.1, 0.15) is 40.2 Å². The Bertz CT molecular complexity index is 446. The Morgan fingerprint density at radius 1 is 1.14 bits per heavy atom. The molecule has 1 aromatic rings. The second-order valence-corrected chi connectivity index (χ2v) is 6.74. The first-order valence-electron chi connectivity index (χ1n) is 7.16. The minimum atomic E-state index is -1.01. The Balaban J connectivity index is 2.49. The number of hydrogen-bond donors (Lipinski definition) is 1. The van der Waals surface area contributed by atoms with Crippen molar-refractivity contribution in [3.05, 3.63) is 35.9 Å². The third-order valence-electron chi connectivity index (χ3n) is 3.15. The number of rotatable bonds is 6. The van der Waals surface area contributed by atoms with Crippen LogP contribution in [0, 0.1) is 5.41 Å². The zero-order valence-electron chi connectivity index (χ0n) is 13.6. The molecule has 0 aliphatic carbocycles. The van der Waals surface area contributed by atoms with E-state index in [9.17, 15) is 9.90 Å². The summed E-state index contributed by atoms with van der Waals surface area (Å²) in [4.78, 5) is 12.1. The minimum Gasteiger partial charge on any atom is -0.459 e. The second-order valence-electron chi connectivity index (χ2n) is 6.74. The van der Waals surface area contributed by atoms with E-state index in [4.69, 9.17) is 9.47 Å². The van der Waals surface area contributed by atoms with E-state index in [0.29, 0.717) is 6.61 Å². The highest BCUT2D eigenvalue weighted by Crippen LogP contribution is 2.26. The van der Waals surface area contributed by atoms with E-state index in [1.807, 2.05) is 30.3 Å². The van der Waals surface area contributed by atoms with E-state index in [2.05, 4.69) is 0 Å². The molecule has 0 spiro atoms. The molecule has 21 heavy (non-hydrogen) atoms. The van der Waals surface area contributed by atoms with Gasteiger partial charge in [-0.3, -0.25) is 4.79 Å². The zero-order valence-corrected chi connectivity index (χ0v) is 13.6. The molecular weight excluding hydrogens is 268 g/mol. The summed E-state index contributed by atoms with van der Waals surface area (Å²) in [5.74, 6) is -0.425. The number of benzene rings is 1. The van der Waals surface area contributed by atoms with E-state index in [1.165, 1.54) is 0 Å². The number of carbonyl (C=O) groups excluding carboxylic acids is 1.